The lowest BCUT2D eigenvalue weighted by Gasteiger charge is -2.16. The normalized spacial score (nSPS) is 12.4. The molecule has 1 N–H and O–H groups in total. The minimum absolute atomic E-state index is 0.249. The van der Waals surface area contributed by atoms with E-state index in [4.69, 9.17) is 4.74 Å². The monoisotopic (exact) mass is 351 g/mol. The van der Waals surface area contributed by atoms with E-state index in [2.05, 4.69) is 56.8 Å². The number of halogens is 1. The zero-order valence-corrected chi connectivity index (χ0v) is 14.4. The van der Waals surface area contributed by atoms with Gasteiger partial charge in [-0.25, -0.2) is 4.98 Å². The molecular weight excluding hydrogens is 330 g/mol. The summed E-state index contributed by atoms with van der Waals surface area (Å²) < 4.78 is 8.43. The molecule has 0 aliphatic carbocycles. The summed E-state index contributed by atoms with van der Waals surface area (Å²) in [5, 5.41) is 3.52. The third-order valence-corrected chi connectivity index (χ3v) is 4.13. The van der Waals surface area contributed by atoms with E-state index >= 15 is 0 Å². The number of ether oxygens (including phenoxy) is 1. The maximum absolute atomic E-state index is 5.26. The molecule has 0 amide bonds. The van der Waals surface area contributed by atoms with Crippen LogP contribution in [-0.2, 0) is 13.1 Å². The Kier molecular flexibility index (Phi) is 5.82. The number of aryl methyl sites for hydroxylation is 1. The second-order valence-electron chi connectivity index (χ2n) is 5.03. The van der Waals surface area contributed by atoms with Gasteiger partial charge in [0.15, 0.2) is 0 Å². The van der Waals surface area contributed by atoms with Gasteiger partial charge in [-0.3, -0.25) is 0 Å². The summed E-state index contributed by atoms with van der Waals surface area (Å²) in [6, 6.07) is 6.41. The van der Waals surface area contributed by atoms with Crippen LogP contribution in [0.4, 0.5) is 0 Å². The summed E-state index contributed by atoms with van der Waals surface area (Å²) in [6.07, 6.45) is 5.01. The quantitative estimate of drug-likeness (QED) is 0.821. The third-order valence-electron chi connectivity index (χ3n) is 3.51. The SMILES string of the molecule is CCCn1ccnc1CNC(C)c1ccc(OC)c(Br)c1. The molecule has 0 aliphatic rings. The molecule has 1 atom stereocenters. The number of benzene rings is 1. The van der Waals surface area contributed by atoms with Crippen molar-refractivity contribution < 1.29 is 4.74 Å². The number of nitrogens with one attached hydrogen (secondary N) is 1. The first-order chi connectivity index (χ1) is 10.2. The number of nitrogens with zero attached hydrogens (tertiary/aromatic N) is 2. The first-order valence-corrected chi connectivity index (χ1v) is 8.01. The molecule has 0 radical (unpaired) electrons. The fourth-order valence-electron chi connectivity index (χ4n) is 2.27. The zero-order chi connectivity index (χ0) is 15.2. The Morgan fingerprint density at radius 1 is 1.43 bits per heavy atom. The molecule has 0 saturated heterocycles. The molecule has 21 heavy (non-hydrogen) atoms. The Balaban J connectivity index is 1.99. The fourth-order valence-corrected chi connectivity index (χ4v) is 2.82. The van der Waals surface area contributed by atoms with Crippen LogP contribution in [0.3, 0.4) is 0 Å². The summed E-state index contributed by atoms with van der Waals surface area (Å²) in [5.74, 6) is 1.93. The zero-order valence-electron chi connectivity index (χ0n) is 12.8. The number of hydrogen-bond acceptors (Lipinski definition) is 3. The minimum atomic E-state index is 0.249. The summed E-state index contributed by atoms with van der Waals surface area (Å²) >= 11 is 3.53. The van der Waals surface area contributed by atoms with Gasteiger partial charge in [-0.2, -0.15) is 0 Å². The highest BCUT2D eigenvalue weighted by Gasteiger charge is 2.09. The van der Waals surface area contributed by atoms with Crippen LogP contribution in [0.2, 0.25) is 0 Å². The van der Waals surface area contributed by atoms with Crippen LogP contribution in [-0.4, -0.2) is 16.7 Å². The van der Waals surface area contributed by atoms with Gasteiger partial charge in [-0.15, -0.1) is 0 Å². The van der Waals surface area contributed by atoms with Gasteiger partial charge >= 0.3 is 0 Å². The van der Waals surface area contributed by atoms with E-state index in [1.807, 2.05) is 18.5 Å². The van der Waals surface area contributed by atoms with Crippen LogP contribution in [0.5, 0.6) is 5.75 Å². The summed E-state index contributed by atoms with van der Waals surface area (Å²) in [7, 11) is 1.68. The number of imidazole rings is 1. The molecule has 1 aromatic carbocycles. The van der Waals surface area contributed by atoms with E-state index in [0.717, 1.165) is 35.6 Å². The van der Waals surface area contributed by atoms with E-state index in [0.29, 0.717) is 0 Å². The van der Waals surface area contributed by atoms with Gasteiger partial charge in [0.05, 0.1) is 18.1 Å². The van der Waals surface area contributed by atoms with Crippen molar-refractivity contribution in [3.05, 3.63) is 46.5 Å². The van der Waals surface area contributed by atoms with Gasteiger partial charge < -0.3 is 14.6 Å². The van der Waals surface area contributed by atoms with Crippen LogP contribution >= 0.6 is 15.9 Å². The van der Waals surface area contributed by atoms with Gasteiger partial charge in [0, 0.05) is 25.0 Å². The van der Waals surface area contributed by atoms with E-state index in [-0.39, 0.29) is 6.04 Å². The van der Waals surface area contributed by atoms with Crippen LogP contribution in [0.1, 0.15) is 37.7 Å². The van der Waals surface area contributed by atoms with Crippen molar-refractivity contribution in [1.29, 1.82) is 0 Å². The van der Waals surface area contributed by atoms with Crippen LogP contribution in [0, 0.1) is 0 Å². The van der Waals surface area contributed by atoms with E-state index in [9.17, 15) is 0 Å². The summed E-state index contributed by atoms with van der Waals surface area (Å²) in [6.45, 7) is 6.10. The van der Waals surface area contributed by atoms with Crippen molar-refractivity contribution in [2.75, 3.05) is 7.11 Å². The molecule has 114 valence electrons. The molecule has 2 rings (SSSR count). The average Bonchev–Trinajstić information content (AvgIpc) is 2.92. The standard InChI is InChI=1S/C16H22BrN3O/c1-4-8-20-9-7-18-16(20)11-19-12(2)13-5-6-15(21-3)14(17)10-13/h5-7,9-10,12,19H,4,8,11H2,1-3H3. The molecule has 0 saturated carbocycles. The molecule has 1 aromatic heterocycles. The lowest BCUT2D eigenvalue weighted by atomic mass is 10.1. The molecule has 4 nitrogen and oxygen atoms in total. The van der Waals surface area contributed by atoms with Crippen molar-refractivity contribution >= 4 is 15.9 Å². The van der Waals surface area contributed by atoms with E-state index < -0.39 is 0 Å². The van der Waals surface area contributed by atoms with Crippen molar-refractivity contribution in [2.24, 2.45) is 0 Å². The summed E-state index contributed by atoms with van der Waals surface area (Å²) in [5.41, 5.74) is 1.22. The molecule has 2 aromatic rings. The van der Waals surface area contributed by atoms with Gasteiger partial charge in [-0.05, 0) is 47.0 Å². The lowest BCUT2D eigenvalue weighted by molar-refractivity contribution is 0.411. The van der Waals surface area contributed by atoms with Crippen LogP contribution in [0.15, 0.2) is 35.1 Å². The molecule has 5 heteroatoms. The Labute approximate surface area is 134 Å². The maximum atomic E-state index is 5.26. The van der Waals surface area contributed by atoms with Gasteiger partial charge in [0.2, 0.25) is 0 Å². The largest absolute Gasteiger partial charge is 0.496 e. The molecule has 0 fully saturated rings. The van der Waals surface area contributed by atoms with Crippen molar-refractivity contribution in [1.82, 2.24) is 14.9 Å². The van der Waals surface area contributed by atoms with Gasteiger partial charge in [-0.1, -0.05) is 13.0 Å². The highest BCUT2D eigenvalue weighted by molar-refractivity contribution is 9.10. The molecular formula is C16H22BrN3O. The summed E-state index contributed by atoms with van der Waals surface area (Å²) in [4.78, 5) is 4.42. The van der Waals surface area contributed by atoms with E-state index in [1.54, 1.807) is 7.11 Å². The highest BCUT2D eigenvalue weighted by atomic mass is 79.9. The fraction of sp³-hybridized carbons (Fsp3) is 0.438. The first kappa shape index (κ1) is 16.0. The lowest BCUT2D eigenvalue weighted by Crippen LogP contribution is -2.20. The van der Waals surface area contributed by atoms with E-state index in [1.165, 1.54) is 5.56 Å². The smallest absolute Gasteiger partial charge is 0.133 e. The Morgan fingerprint density at radius 3 is 2.90 bits per heavy atom. The molecule has 1 heterocycles. The average molecular weight is 352 g/mol. The predicted octanol–water partition coefficient (Wildman–Crippen LogP) is 3.92. The predicted molar refractivity (Wildman–Crippen MR) is 88.5 cm³/mol. The van der Waals surface area contributed by atoms with Crippen molar-refractivity contribution in [3.63, 3.8) is 0 Å². The minimum Gasteiger partial charge on any atom is -0.496 e. The Morgan fingerprint density at radius 2 is 2.24 bits per heavy atom. The molecule has 0 aliphatic heterocycles. The number of hydrogen-bond donors (Lipinski definition) is 1. The maximum Gasteiger partial charge on any atom is 0.133 e. The Bertz CT molecular complexity index is 583. The second-order valence-corrected chi connectivity index (χ2v) is 5.89. The number of aromatic nitrogens is 2. The van der Waals surface area contributed by atoms with Gasteiger partial charge in [0.1, 0.15) is 11.6 Å². The topological polar surface area (TPSA) is 39.1 Å². The Hall–Kier alpha value is -1.33. The van der Waals surface area contributed by atoms with Gasteiger partial charge in [0.25, 0.3) is 0 Å². The van der Waals surface area contributed by atoms with Crippen molar-refractivity contribution in [3.8, 4) is 5.75 Å². The first-order valence-electron chi connectivity index (χ1n) is 7.22. The molecule has 0 bridgehead atoms. The number of methoxy groups -OCH3 is 1. The molecule has 0 spiro atoms. The van der Waals surface area contributed by atoms with Crippen LogP contribution in [0.25, 0.3) is 0 Å². The second kappa shape index (κ2) is 7.61. The third kappa shape index (κ3) is 4.08. The molecule has 1 unspecified atom stereocenters. The van der Waals surface area contributed by atoms with Crippen LogP contribution < -0.4 is 10.1 Å². The van der Waals surface area contributed by atoms with Crippen molar-refractivity contribution in [2.45, 2.75) is 39.4 Å². The highest BCUT2D eigenvalue weighted by Crippen LogP contribution is 2.28. The number of rotatable bonds is 7.